The standard InChI is InChI=1S/C17H15FN4O/c1-21(10-13-3-2-4-15(18)9-13)17(23)14-5-7-16(8-6-14)22-12-19-11-20-22/h2-9,11-12H,10H2,1H3. The molecule has 0 unspecified atom stereocenters. The largest absolute Gasteiger partial charge is 0.337 e. The molecule has 0 spiro atoms. The number of halogens is 1. The normalized spacial score (nSPS) is 10.5. The number of hydrogen-bond acceptors (Lipinski definition) is 3. The van der Waals surface area contributed by atoms with Gasteiger partial charge in [0.15, 0.2) is 0 Å². The zero-order valence-electron chi connectivity index (χ0n) is 12.6. The maximum absolute atomic E-state index is 13.2. The first-order valence-corrected chi connectivity index (χ1v) is 7.08. The van der Waals surface area contributed by atoms with E-state index in [1.54, 1.807) is 59.4 Å². The highest BCUT2D eigenvalue weighted by Gasteiger charge is 2.12. The molecule has 116 valence electrons. The first-order valence-electron chi connectivity index (χ1n) is 7.08. The Kier molecular flexibility index (Phi) is 4.14. The highest BCUT2D eigenvalue weighted by Crippen LogP contribution is 2.12. The van der Waals surface area contributed by atoms with Gasteiger partial charge in [-0.25, -0.2) is 14.1 Å². The summed E-state index contributed by atoms with van der Waals surface area (Å²) in [4.78, 5) is 17.9. The lowest BCUT2D eigenvalue weighted by Gasteiger charge is -2.17. The lowest BCUT2D eigenvalue weighted by molar-refractivity contribution is 0.0785. The van der Waals surface area contributed by atoms with Gasteiger partial charge in [0.05, 0.1) is 5.69 Å². The van der Waals surface area contributed by atoms with E-state index >= 15 is 0 Å². The van der Waals surface area contributed by atoms with Crippen molar-refractivity contribution in [3.05, 3.63) is 78.1 Å². The molecule has 5 nitrogen and oxygen atoms in total. The molecule has 0 radical (unpaired) electrons. The highest BCUT2D eigenvalue weighted by molar-refractivity contribution is 5.94. The van der Waals surface area contributed by atoms with Crippen molar-refractivity contribution in [1.82, 2.24) is 19.7 Å². The maximum Gasteiger partial charge on any atom is 0.253 e. The second kappa shape index (κ2) is 6.39. The summed E-state index contributed by atoms with van der Waals surface area (Å²) in [5.74, 6) is -0.431. The Labute approximate surface area is 133 Å². The van der Waals surface area contributed by atoms with Crippen LogP contribution < -0.4 is 0 Å². The van der Waals surface area contributed by atoms with Gasteiger partial charge in [-0.1, -0.05) is 12.1 Å². The van der Waals surface area contributed by atoms with Gasteiger partial charge in [0.25, 0.3) is 5.91 Å². The molecule has 1 heterocycles. The number of benzene rings is 2. The van der Waals surface area contributed by atoms with Gasteiger partial charge in [0.1, 0.15) is 18.5 Å². The molecule has 1 amide bonds. The predicted octanol–water partition coefficient (Wildman–Crippen LogP) is 2.68. The number of aromatic nitrogens is 3. The number of hydrogen-bond donors (Lipinski definition) is 0. The highest BCUT2D eigenvalue weighted by atomic mass is 19.1. The van der Waals surface area contributed by atoms with Crippen molar-refractivity contribution in [2.45, 2.75) is 6.54 Å². The van der Waals surface area contributed by atoms with E-state index in [9.17, 15) is 9.18 Å². The van der Waals surface area contributed by atoms with E-state index in [1.807, 2.05) is 0 Å². The van der Waals surface area contributed by atoms with Gasteiger partial charge in [0.2, 0.25) is 0 Å². The molecule has 0 atom stereocenters. The minimum atomic E-state index is -0.305. The van der Waals surface area contributed by atoms with Gasteiger partial charge < -0.3 is 4.90 Å². The second-order valence-electron chi connectivity index (χ2n) is 5.18. The maximum atomic E-state index is 13.2. The van der Waals surface area contributed by atoms with Crippen LogP contribution in [-0.4, -0.2) is 32.6 Å². The third-order valence-corrected chi connectivity index (χ3v) is 3.45. The summed E-state index contributed by atoms with van der Waals surface area (Å²) in [6, 6.07) is 13.3. The van der Waals surface area contributed by atoms with E-state index in [-0.39, 0.29) is 11.7 Å². The zero-order chi connectivity index (χ0) is 16.2. The monoisotopic (exact) mass is 310 g/mol. The molecule has 0 N–H and O–H groups in total. The average Bonchev–Trinajstić information content (AvgIpc) is 3.09. The molecule has 3 rings (SSSR count). The SMILES string of the molecule is CN(Cc1cccc(F)c1)C(=O)c1ccc(-n2cncn2)cc1. The molecule has 6 heteroatoms. The van der Waals surface area contributed by atoms with Crippen LogP contribution in [0.2, 0.25) is 0 Å². The zero-order valence-corrected chi connectivity index (χ0v) is 12.6. The molecule has 0 fully saturated rings. The summed E-state index contributed by atoms with van der Waals surface area (Å²) in [5.41, 5.74) is 2.14. The van der Waals surface area contributed by atoms with Crippen molar-refractivity contribution in [3.63, 3.8) is 0 Å². The molecule has 0 saturated carbocycles. The lowest BCUT2D eigenvalue weighted by atomic mass is 10.1. The molecule has 23 heavy (non-hydrogen) atoms. The van der Waals surface area contributed by atoms with Gasteiger partial charge in [-0.3, -0.25) is 4.79 Å². The second-order valence-corrected chi connectivity index (χ2v) is 5.18. The summed E-state index contributed by atoms with van der Waals surface area (Å²) < 4.78 is 14.8. The molecule has 2 aromatic carbocycles. The molecular formula is C17H15FN4O. The molecule has 0 saturated heterocycles. The van der Waals surface area contributed by atoms with Gasteiger partial charge in [0, 0.05) is 19.2 Å². The van der Waals surface area contributed by atoms with Gasteiger partial charge >= 0.3 is 0 Å². The molecule has 0 bridgehead atoms. The average molecular weight is 310 g/mol. The van der Waals surface area contributed by atoms with Crippen molar-refractivity contribution in [1.29, 1.82) is 0 Å². The molecule has 3 aromatic rings. The fourth-order valence-electron chi connectivity index (χ4n) is 2.30. The molecule has 0 aliphatic rings. The third kappa shape index (κ3) is 3.42. The van der Waals surface area contributed by atoms with E-state index in [4.69, 9.17) is 0 Å². The Bertz CT molecular complexity index is 800. The fourth-order valence-corrected chi connectivity index (χ4v) is 2.30. The van der Waals surface area contributed by atoms with Crippen molar-refractivity contribution in [2.75, 3.05) is 7.05 Å². The molecule has 0 aliphatic heterocycles. The van der Waals surface area contributed by atoms with Crippen molar-refractivity contribution in [3.8, 4) is 5.69 Å². The molecular weight excluding hydrogens is 295 g/mol. The van der Waals surface area contributed by atoms with Crippen molar-refractivity contribution >= 4 is 5.91 Å². The minimum Gasteiger partial charge on any atom is -0.337 e. The molecule has 0 aliphatic carbocycles. The van der Waals surface area contributed by atoms with Crippen LogP contribution in [0.25, 0.3) is 5.69 Å². The predicted molar refractivity (Wildman–Crippen MR) is 83.6 cm³/mol. The number of rotatable bonds is 4. The van der Waals surface area contributed by atoms with Gasteiger partial charge in [-0.15, -0.1) is 0 Å². The van der Waals surface area contributed by atoms with E-state index in [1.165, 1.54) is 18.5 Å². The minimum absolute atomic E-state index is 0.126. The van der Waals surface area contributed by atoms with Crippen molar-refractivity contribution < 1.29 is 9.18 Å². The Morgan fingerprint density at radius 3 is 2.65 bits per heavy atom. The van der Waals surface area contributed by atoms with Crippen LogP contribution >= 0.6 is 0 Å². The van der Waals surface area contributed by atoms with E-state index in [2.05, 4.69) is 10.1 Å². The number of nitrogens with zero attached hydrogens (tertiary/aromatic N) is 4. The summed E-state index contributed by atoms with van der Waals surface area (Å²) in [7, 11) is 1.69. The van der Waals surface area contributed by atoms with Gasteiger partial charge in [-0.05, 0) is 42.0 Å². The van der Waals surface area contributed by atoms with Crippen LogP contribution in [-0.2, 0) is 6.54 Å². The van der Waals surface area contributed by atoms with Crippen molar-refractivity contribution in [2.24, 2.45) is 0 Å². The smallest absolute Gasteiger partial charge is 0.253 e. The van der Waals surface area contributed by atoms with Crippen LogP contribution in [0.15, 0.2) is 61.2 Å². The number of amides is 1. The first kappa shape index (κ1) is 14.9. The van der Waals surface area contributed by atoms with E-state index < -0.39 is 0 Å². The van der Waals surface area contributed by atoms with E-state index in [0.29, 0.717) is 12.1 Å². The topological polar surface area (TPSA) is 51.0 Å². The van der Waals surface area contributed by atoms with Crippen LogP contribution in [0, 0.1) is 5.82 Å². The quantitative estimate of drug-likeness (QED) is 0.744. The number of carbonyl (C=O) groups is 1. The summed E-state index contributed by atoms with van der Waals surface area (Å²) in [6.45, 7) is 0.349. The summed E-state index contributed by atoms with van der Waals surface area (Å²) in [6.07, 6.45) is 3.04. The Hall–Kier alpha value is -3.02. The lowest BCUT2D eigenvalue weighted by Crippen LogP contribution is -2.26. The van der Waals surface area contributed by atoms with Crippen LogP contribution in [0.1, 0.15) is 15.9 Å². The molecule has 1 aromatic heterocycles. The summed E-state index contributed by atoms with van der Waals surface area (Å²) >= 11 is 0. The third-order valence-electron chi connectivity index (χ3n) is 3.45. The summed E-state index contributed by atoms with van der Waals surface area (Å²) in [5, 5.41) is 4.03. The number of carbonyl (C=O) groups excluding carboxylic acids is 1. The Morgan fingerprint density at radius 1 is 1.22 bits per heavy atom. The van der Waals surface area contributed by atoms with Crippen LogP contribution in [0.5, 0.6) is 0 Å². The van der Waals surface area contributed by atoms with Crippen LogP contribution in [0.4, 0.5) is 4.39 Å². The van der Waals surface area contributed by atoms with Crippen LogP contribution in [0.3, 0.4) is 0 Å². The van der Waals surface area contributed by atoms with E-state index in [0.717, 1.165) is 11.3 Å². The Balaban J connectivity index is 1.72. The van der Waals surface area contributed by atoms with Gasteiger partial charge in [-0.2, -0.15) is 5.10 Å². The first-order chi connectivity index (χ1) is 11.1. The fraction of sp³-hybridized carbons (Fsp3) is 0.118. The Morgan fingerprint density at radius 2 is 2.00 bits per heavy atom.